The Morgan fingerprint density at radius 1 is 1.63 bits per heavy atom. The quantitative estimate of drug-likeness (QED) is 0.860. The van der Waals surface area contributed by atoms with E-state index >= 15 is 0 Å². The first-order valence-corrected chi connectivity index (χ1v) is 7.53. The van der Waals surface area contributed by atoms with E-state index in [1.807, 2.05) is 28.8 Å². The highest BCUT2D eigenvalue weighted by atomic mass is 32.2. The predicted octanol–water partition coefficient (Wildman–Crippen LogP) is 2.12. The van der Waals surface area contributed by atoms with E-state index in [4.69, 9.17) is 9.15 Å². The first-order valence-electron chi connectivity index (χ1n) is 6.48. The Bertz CT molecular complexity index is 383. The molecule has 1 saturated heterocycles. The molecule has 1 aliphatic rings. The predicted molar refractivity (Wildman–Crippen MR) is 75.4 cm³/mol. The van der Waals surface area contributed by atoms with Crippen LogP contribution in [0.15, 0.2) is 22.8 Å². The molecule has 1 fully saturated rings. The van der Waals surface area contributed by atoms with Crippen molar-refractivity contribution >= 4 is 17.8 Å². The van der Waals surface area contributed by atoms with Crippen LogP contribution in [0.2, 0.25) is 0 Å². The third-order valence-corrected chi connectivity index (χ3v) is 4.36. The molecule has 5 nitrogen and oxygen atoms in total. The van der Waals surface area contributed by atoms with Crippen molar-refractivity contribution < 1.29 is 13.9 Å². The van der Waals surface area contributed by atoms with Gasteiger partial charge in [-0.2, -0.15) is 0 Å². The third kappa shape index (κ3) is 4.18. The fourth-order valence-electron chi connectivity index (χ4n) is 2.05. The number of carbonyl (C=O) groups is 1. The molecule has 19 heavy (non-hydrogen) atoms. The molecule has 0 radical (unpaired) electrons. The minimum atomic E-state index is -0.00209. The summed E-state index contributed by atoms with van der Waals surface area (Å²) in [5.41, 5.74) is 0. The van der Waals surface area contributed by atoms with Crippen LogP contribution in [0.3, 0.4) is 0 Å². The zero-order valence-electron chi connectivity index (χ0n) is 11.1. The van der Waals surface area contributed by atoms with Crippen molar-refractivity contribution in [2.75, 3.05) is 39.1 Å². The molecule has 0 bridgehead atoms. The van der Waals surface area contributed by atoms with Crippen LogP contribution in [0.1, 0.15) is 17.4 Å². The molecule has 1 unspecified atom stereocenters. The molecule has 1 atom stereocenters. The average molecular weight is 284 g/mol. The Morgan fingerprint density at radius 3 is 3.26 bits per heavy atom. The summed E-state index contributed by atoms with van der Waals surface area (Å²) in [5, 5.41) is 3.21. The number of carbonyl (C=O) groups excluding carboxylic acids is 1. The Hall–Kier alpha value is -1.14. The molecule has 0 saturated carbocycles. The molecule has 0 aliphatic carbocycles. The summed E-state index contributed by atoms with van der Waals surface area (Å²) in [6.07, 6.45) is 2.63. The van der Waals surface area contributed by atoms with Crippen LogP contribution in [-0.2, 0) is 4.74 Å². The van der Waals surface area contributed by atoms with Gasteiger partial charge in [0.25, 0.3) is 0 Å². The van der Waals surface area contributed by atoms with Gasteiger partial charge in [0.15, 0.2) is 0 Å². The monoisotopic (exact) mass is 284 g/mol. The number of methoxy groups -OCH3 is 1. The second kappa shape index (κ2) is 7.45. The number of hydrogen-bond acceptors (Lipinski definition) is 4. The number of ether oxygens (including phenoxy) is 1. The Kier molecular flexibility index (Phi) is 5.60. The smallest absolute Gasteiger partial charge is 0.317 e. The summed E-state index contributed by atoms with van der Waals surface area (Å²) in [4.78, 5) is 13.8. The van der Waals surface area contributed by atoms with Gasteiger partial charge >= 0.3 is 6.03 Å². The van der Waals surface area contributed by atoms with Gasteiger partial charge in [-0.25, -0.2) is 4.79 Å². The van der Waals surface area contributed by atoms with E-state index in [0.717, 1.165) is 31.0 Å². The number of thioether (sulfide) groups is 1. The van der Waals surface area contributed by atoms with Crippen LogP contribution in [0.5, 0.6) is 0 Å². The van der Waals surface area contributed by atoms with Crippen molar-refractivity contribution in [3.63, 3.8) is 0 Å². The summed E-state index contributed by atoms with van der Waals surface area (Å²) >= 11 is 1.85. The van der Waals surface area contributed by atoms with E-state index in [-0.39, 0.29) is 6.03 Å². The maximum absolute atomic E-state index is 11.9. The third-order valence-electron chi connectivity index (χ3n) is 3.07. The van der Waals surface area contributed by atoms with Crippen LogP contribution in [-0.4, -0.2) is 50.0 Å². The van der Waals surface area contributed by atoms with Crippen molar-refractivity contribution in [1.82, 2.24) is 10.2 Å². The van der Waals surface area contributed by atoms with Gasteiger partial charge in [0, 0.05) is 32.5 Å². The molecule has 2 amide bonds. The topological polar surface area (TPSA) is 54.7 Å². The van der Waals surface area contributed by atoms with Crippen LogP contribution in [0, 0.1) is 0 Å². The maximum atomic E-state index is 11.9. The van der Waals surface area contributed by atoms with E-state index in [1.54, 1.807) is 13.4 Å². The number of nitrogens with one attached hydrogen (secondary N) is 1. The van der Waals surface area contributed by atoms with Crippen LogP contribution in [0.4, 0.5) is 4.79 Å². The number of amides is 2. The van der Waals surface area contributed by atoms with Crippen molar-refractivity contribution in [3.05, 3.63) is 24.2 Å². The van der Waals surface area contributed by atoms with Crippen LogP contribution in [0.25, 0.3) is 0 Å². The highest BCUT2D eigenvalue weighted by Gasteiger charge is 2.23. The Labute approximate surface area is 117 Å². The lowest BCUT2D eigenvalue weighted by atomic mass is 10.2. The second-order valence-corrected chi connectivity index (χ2v) is 5.69. The lowest BCUT2D eigenvalue weighted by molar-refractivity contribution is 0.181. The van der Waals surface area contributed by atoms with E-state index in [0.29, 0.717) is 18.4 Å². The molecule has 2 heterocycles. The van der Waals surface area contributed by atoms with E-state index < -0.39 is 0 Å². The van der Waals surface area contributed by atoms with Gasteiger partial charge in [-0.05, 0) is 18.6 Å². The average Bonchev–Trinajstić information content (AvgIpc) is 2.83. The van der Waals surface area contributed by atoms with Gasteiger partial charge in [0.1, 0.15) is 5.76 Å². The lowest BCUT2D eigenvalue weighted by Gasteiger charge is -2.20. The maximum Gasteiger partial charge on any atom is 0.317 e. The molecule has 6 heteroatoms. The molecule has 106 valence electrons. The molecular weight excluding hydrogens is 264 g/mol. The minimum absolute atomic E-state index is 0.00209. The van der Waals surface area contributed by atoms with Gasteiger partial charge in [0.2, 0.25) is 0 Å². The second-order valence-electron chi connectivity index (χ2n) is 4.38. The molecule has 1 aromatic heterocycles. The number of urea groups is 1. The highest BCUT2D eigenvalue weighted by molar-refractivity contribution is 7.99. The fraction of sp³-hybridized carbons (Fsp3) is 0.615. The molecule has 1 N–H and O–H groups in total. The summed E-state index contributed by atoms with van der Waals surface area (Å²) < 4.78 is 10.4. The van der Waals surface area contributed by atoms with Crippen molar-refractivity contribution in [3.8, 4) is 0 Å². The van der Waals surface area contributed by atoms with Crippen molar-refractivity contribution in [2.24, 2.45) is 0 Å². The number of rotatable bonds is 4. The summed E-state index contributed by atoms with van der Waals surface area (Å²) in [5.74, 6) is 1.94. The zero-order chi connectivity index (χ0) is 13.5. The molecule has 1 aliphatic heterocycles. The normalized spacial score (nSPS) is 20.1. The zero-order valence-corrected chi connectivity index (χ0v) is 11.9. The van der Waals surface area contributed by atoms with Gasteiger partial charge in [-0.3, -0.25) is 0 Å². The first kappa shape index (κ1) is 14.3. The highest BCUT2D eigenvalue weighted by Crippen LogP contribution is 2.34. The van der Waals surface area contributed by atoms with E-state index in [9.17, 15) is 4.79 Å². The van der Waals surface area contributed by atoms with Crippen molar-refractivity contribution in [2.45, 2.75) is 11.7 Å². The summed E-state index contributed by atoms with van der Waals surface area (Å²) in [6, 6.07) is 3.92. The van der Waals surface area contributed by atoms with Gasteiger partial charge < -0.3 is 19.4 Å². The van der Waals surface area contributed by atoms with Gasteiger partial charge in [-0.15, -0.1) is 11.8 Å². The first-order chi connectivity index (χ1) is 9.31. The lowest BCUT2D eigenvalue weighted by Crippen LogP contribution is -2.42. The minimum Gasteiger partial charge on any atom is -0.468 e. The van der Waals surface area contributed by atoms with Crippen LogP contribution < -0.4 is 5.32 Å². The largest absolute Gasteiger partial charge is 0.468 e. The van der Waals surface area contributed by atoms with Crippen molar-refractivity contribution in [1.29, 1.82) is 0 Å². The van der Waals surface area contributed by atoms with Gasteiger partial charge in [0.05, 0.1) is 18.1 Å². The Morgan fingerprint density at radius 2 is 2.53 bits per heavy atom. The number of hydrogen-bond donors (Lipinski definition) is 1. The number of nitrogens with zero attached hydrogens (tertiary/aromatic N) is 1. The summed E-state index contributed by atoms with van der Waals surface area (Å²) in [6.45, 7) is 2.64. The number of furan rings is 1. The fourth-order valence-corrected chi connectivity index (χ4v) is 3.23. The Balaban J connectivity index is 1.81. The molecule has 0 spiro atoms. The molecule has 2 rings (SSSR count). The van der Waals surface area contributed by atoms with E-state index in [1.165, 1.54) is 0 Å². The van der Waals surface area contributed by atoms with E-state index in [2.05, 4.69) is 5.32 Å². The van der Waals surface area contributed by atoms with Crippen LogP contribution >= 0.6 is 11.8 Å². The van der Waals surface area contributed by atoms with Gasteiger partial charge in [-0.1, -0.05) is 0 Å². The SMILES string of the molecule is COCCNC(=O)N1CCSC(c2ccco2)CC1. The molecule has 0 aromatic carbocycles. The molecule has 1 aromatic rings. The molecular formula is C13H20N2O3S. The summed E-state index contributed by atoms with van der Waals surface area (Å²) in [7, 11) is 1.63. The standard InChI is InChI=1S/C13H20N2O3S/c1-17-9-5-14-13(16)15-6-4-12(19-10-7-15)11-3-2-8-18-11/h2-3,8,12H,4-7,9-10H2,1H3,(H,14,16).